The minimum atomic E-state index is -2.73. The largest absolute Gasteiger partial charge is 0.500 e. The van der Waals surface area contributed by atoms with Gasteiger partial charge in [-0.15, -0.1) is 0 Å². The van der Waals surface area contributed by atoms with Gasteiger partial charge in [0.15, 0.2) is 0 Å². The summed E-state index contributed by atoms with van der Waals surface area (Å²) in [4.78, 5) is 23.1. The molecule has 0 amide bonds. The molecule has 0 fully saturated rings. The minimum Gasteiger partial charge on any atom is -0.481 e. The van der Waals surface area contributed by atoms with Gasteiger partial charge in [0.05, 0.1) is 11.8 Å². The highest BCUT2D eigenvalue weighted by molar-refractivity contribution is 8.07. The van der Waals surface area contributed by atoms with Gasteiger partial charge >= 0.3 is 29.5 Å². The van der Waals surface area contributed by atoms with E-state index in [1.807, 2.05) is 0 Å². The van der Waals surface area contributed by atoms with Gasteiger partial charge in [-0.2, -0.15) is 0 Å². The lowest BCUT2D eigenvalue weighted by molar-refractivity contribution is -0.142. The van der Waals surface area contributed by atoms with Crippen molar-refractivity contribution in [3.8, 4) is 0 Å². The molecule has 0 aromatic rings. The van der Waals surface area contributed by atoms with Crippen LogP contribution in [0.5, 0.6) is 0 Å². The van der Waals surface area contributed by atoms with E-state index in [-0.39, 0.29) is 11.5 Å². The first kappa shape index (κ1) is 32.8. The van der Waals surface area contributed by atoms with Gasteiger partial charge in [-0.3, -0.25) is 9.59 Å². The Bertz CT molecular complexity index is 489. The Morgan fingerprint density at radius 3 is 1.21 bits per heavy atom. The van der Waals surface area contributed by atoms with Crippen molar-refractivity contribution in [3.63, 3.8) is 0 Å². The summed E-state index contributed by atoms with van der Waals surface area (Å²) < 4.78 is 37.5. The van der Waals surface area contributed by atoms with Crippen molar-refractivity contribution >= 4 is 53.6 Å². The third-order valence-corrected chi connectivity index (χ3v) is 12.8. The Kier molecular flexibility index (Phi) is 18.0. The maximum absolute atomic E-state index is 11.5. The van der Waals surface area contributed by atoms with Crippen molar-refractivity contribution in [1.82, 2.24) is 0 Å². The van der Waals surface area contributed by atoms with Gasteiger partial charge in [0.25, 0.3) is 0 Å². The SMILES string of the molecule is CO[Si](CCCC(CSOSCC(CCC[Si](OC)(OC)OC)C(=O)O)C(=O)O)(OC)OC. The lowest BCUT2D eigenvalue weighted by Crippen LogP contribution is -2.42. The van der Waals surface area contributed by atoms with Gasteiger partial charge in [-0.25, -0.2) is 3.63 Å². The number of carboxylic acids is 2. The molecule has 2 atom stereocenters. The number of carbonyl (C=O) groups is 2. The van der Waals surface area contributed by atoms with E-state index in [4.69, 9.17) is 30.2 Å². The molecule has 2 unspecified atom stereocenters. The van der Waals surface area contributed by atoms with E-state index in [1.54, 1.807) is 0 Å². The van der Waals surface area contributed by atoms with E-state index in [0.29, 0.717) is 37.8 Å². The van der Waals surface area contributed by atoms with E-state index in [9.17, 15) is 19.8 Å². The first-order valence-electron chi connectivity index (χ1n) is 10.4. The molecule has 0 aliphatic carbocycles. The summed E-state index contributed by atoms with van der Waals surface area (Å²) in [5.74, 6) is -2.57. The number of rotatable bonds is 22. The van der Waals surface area contributed by atoms with Crippen LogP contribution in [0, 0.1) is 11.8 Å². The van der Waals surface area contributed by atoms with Crippen LogP contribution in [-0.2, 0) is 39.8 Å². The first-order chi connectivity index (χ1) is 15.7. The highest BCUT2D eigenvalue weighted by Crippen LogP contribution is 2.27. The van der Waals surface area contributed by atoms with Crippen LogP contribution in [-0.4, -0.2) is 93.9 Å². The number of hydrogen-bond acceptors (Lipinski definition) is 11. The van der Waals surface area contributed by atoms with Crippen LogP contribution in [0.4, 0.5) is 0 Å². The van der Waals surface area contributed by atoms with Crippen molar-refractivity contribution in [3.05, 3.63) is 0 Å². The Labute approximate surface area is 207 Å². The molecule has 0 aromatic carbocycles. The van der Waals surface area contributed by atoms with Crippen LogP contribution in [0.15, 0.2) is 0 Å². The molecule has 196 valence electrons. The molecule has 11 nitrogen and oxygen atoms in total. The Balaban J connectivity index is 4.38. The topological polar surface area (TPSA) is 139 Å². The van der Waals surface area contributed by atoms with Crippen LogP contribution in [0.3, 0.4) is 0 Å². The molecule has 0 saturated carbocycles. The Morgan fingerprint density at radius 1 is 0.667 bits per heavy atom. The van der Waals surface area contributed by atoms with E-state index >= 15 is 0 Å². The summed E-state index contributed by atoms with van der Waals surface area (Å²) in [7, 11) is 3.65. The normalized spacial score (nSPS) is 14.2. The number of carboxylic acid groups (broad SMARTS) is 2. The molecule has 0 aromatic heterocycles. The molecule has 0 bridgehead atoms. The summed E-state index contributed by atoms with van der Waals surface area (Å²) in [6.45, 7) is 0. The van der Waals surface area contributed by atoms with Crippen LogP contribution in [0.2, 0.25) is 12.1 Å². The quantitative estimate of drug-likeness (QED) is 0.116. The fourth-order valence-electron chi connectivity index (χ4n) is 3.05. The van der Waals surface area contributed by atoms with Gasteiger partial charge in [-0.05, 0) is 25.7 Å². The predicted octanol–water partition coefficient (Wildman–Crippen LogP) is 3.02. The molecule has 2 N–H and O–H groups in total. The van der Waals surface area contributed by atoms with Gasteiger partial charge in [0, 0.05) is 90.3 Å². The molecular weight excluding hydrogens is 512 g/mol. The monoisotopic (exact) mass is 550 g/mol. The zero-order valence-corrected chi connectivity index (χ0v) is 23.8. The fraction of sp³-hybridized carbons (Fsp3) is 0.889. The summed E-state index contributed by atoms with van der Waals surface area (Å²) in [6, 6.07) is 1.03. The summed E-state index contributed by atoms with van der Waals surface area (Å²) in [5.41, 5.74) is 0. The average molecular weight is 551 g/mol. The first-order valence-corrected chi connectivity index (χ1v) is 16.0. The van der Waals surface area contributed by atoms with Gasteiger partial charge in [0.2, 0.25) is 0 Å². The highest BCUT2D eigenvalue weighted by atomic mass is 32.2. The number of aliphatic carboxylic acids is 2. The van der Waals surface area contributed by atoms with Crippen LogP contribution in [0.1, 0.15) is 25.7 Å². The predicted molar refractivity (Wildman–Crippen MR) is 130 cm³/mol. The summed E-state index contributed by atoms with van der Waals surface area (Å²) >= 11 is 2.02. The molecular formula is C18H38O11S2Si2. The molecule has 0 rings (SSSR count). The average Bonchev–Trinajstić information content (AvgIpc) is 2.82. The number of hydrogen-bond donors (Lipinski definition) is 2. The van der Waals surface area contributed by atoms with Crippen molar-refractivity contribution in [2.45, 2.75) is 37.8 Å². The van der Waals surface area contributed by atoms with Gasteiger partial charge in [0.1, 0.15) is 0 Å². The lowest BCUT2D eigenvalue weighted by Gasteiger charge is -2.24. The van der Waals surface area contributed by atoms with E-state index in [1.165, 1.54) is 42.7 Å². The van der Waals surface area contributed by atoms with Crippen molar-refractivity contribution in [2.24, 2.45) is 11.8 Å². The van der Waals surface area contributed by atoms with Crippen LogP contribution in [0.25, 0.3) is 0 Å². The molecule has 0 aliphatic rings. The molecule has 0 radical (unpaired) electrons. The summed E-state index contributed by atoms with van der Waals surface area (Å²) in [5, 5.41) is 18.9. The van der Waals surface area contributed by atoms with E-state index in [0.717, 1.165) is 24.1 Å². The molecule has 0 aliphatic heterocycles. The van der Waals surface area contributed by atoms with Crippen LogP contribution < -0.4 is 0 Å². The second kappa shape index (κ2) is 18.1. The van der Waals surface area contributed by atoms with Crippen molar-refractivity contribution in [1.29, 1.82) is 0 Å². The molecule has 33 heavy (non-hydrogen) atoms. The van der Waals surface area contributed by atoms with Gasteiger partial charge in [-0.1, -0.05) is 0 Å². The molecule has 0 heterocycles. The Morgan fingerprint density at radius 2 is 0.970 bits per heavy atom. The smallest absolute Gasteiger partial charge is 0.481 e. The highest BCUT2D eigenvalue weighted by Gasteiger charge is 2.38. The zero-order valence-electron chi connectivity index (χ0n) is 20.2. The van der Waals surface area contributed by atoms with E-state index in [2.05, 4.69) is 0 Å². The minimum absolute atomic E-state index is 0.241. The molecule has 0 spiro atoms. The van der Waals surface area contributed by atoms with Crippen LogP contribution >= 0.6 is 24.1 Å². The van der Waals surface area contributed by atoms with Crippen molar-refractivity contribution < 1.29 is 50.0 Å². The maximum atomic E-state index is 11.5. The third kappa shape index (κ3) is 12.4. The second-order valence-corrected chi connectivity index (χ2v) is 14.9. The fourth-order valence-corrected chi connectivity index (χ4v) is 8.21. The molecule has 15 heteroatoms. The third-order valence-electron chi connectivity index (χ3n) is 5.27. The summed E-state index contributed by atoms with van der Waals surface area (Å²) in [6.07, 6.45) is 1.98. The van der Waals surface area contributed by atoms with Crippen molar-refractivity contribution in [2.75, 3.05) is 54.2 Å². The lowest BCUT2D eigenvalue weighted by atomic mass is 10.1. The zero-order chi connectivity index (χ0) is 25.3. The van der Waals surface area contributed by atoms with E-state index < -0.39 is 41.4 Å². The second-order valence-electron chi connectivity index (χ2n) is 7.08. The Hall–Kier alpha value is -0.206. The molecule has 0 saturated heterocycles. The van der Waals surface area contributed by atoms with Gasteiger partial charge < -0.3 is 36.8 Å². The standard InChI is InChI=1S/C18H38O11S2Si2/c1-23-32(24-2,25-3)11-7-9-15(17(19)20)13-30-29-31-14-16(18(21)22)10-8-12-33(26-4,27-5)28-6/h15-16H,7-14H2,1-6H3,(H,19,20)(H,21,22). The maximum Gasteiger partial charge on any atom is 0.500 e.